The smallest absolute Gasteiger partial charge is 0.323 e. The maximum Gasteiger partial charge on any atom is 0.323 e. The molecule has 0 amide bonds. The summed E-state index contributed by atoms with van der Waals surface area (Å²) in [4.78, 5) is 32.2. The zero-order chi connectivity index (χ0) is 35.5. The van der Waals surface area contributed by atoms with Gasteiger partial charge in [-0.2, -0.15) is 9.97 Å². The van der Waals surface area contributed by atoms with E-state index < -0.39 is 22.9 Å². The summed E-state index contributed by atoms with van der Waals surface area (Å²) in [6, 6.07) is 19.6. The van der Waals surface area contributed by atoms with Crippen LogP contribution in [-0.2, 0) is 35.8 Å². The van der Waals surface area contributed by atoms with Crippen molar-refractivity contribution in [3.05, 3.63) is 94.0 Å². The van der Waals surface area contributed by atoms with E-state index >= 15 is 0 Å². The van der Waals surface area contributed by atoms with E-state index in [1.165, 1.54) is 7.11 Å². The summed E-state index contributed by atoms with van der Waals surface area (Å²) in [7, 11) is 3.10. The Labute approximate surface area is 291 Å². The molecule has 0 saturated heterocycles. The number of ether oxygens (including phenoxy) is 4. The highest BCUT2D eigenvalue weighted by molar-refractivity contribution is 5.82. The van der Waals surface area contributed by atoms with Gasteiger partial charge < -0.3 is 29.2 Å². The average molecular weight is 682 g/mol. The largest absolute Gasteiger partial charge is 0.481 e. The number of rotatable bonds is 17. The number of aryl methyl sites for hydroxylation is 1. The molecule has 0 atom stereocenters. The summed E-state index contributed by atoms with van der Waals surface area (Å²) in [6.45, 7) is 5.11. The molecular weight excluding hydrogens is 638 g/mol. The Morgan fingerprint density at radius 1 is 0.700 bits per heavy atom. The van der Waals surface area contributed by atoms with E-state index in [2.05, 4.69) is 41.3 Å². The minimum absolute atomic E-state index is 0.304. The first-order valence-electron chi connectivity index (χ1n) is 16.8. The first-order chi connectivity index (χ1) is 24.1. The number of carboxylic acid groups (broad SMARTS) is 2. The second-order valence-corrected chi connectivity index (χ2v) is 13.2. The van der Waals surface area contributed by atoms with E-state index in [1.54, 1.807) is 13.2 Å². The molecule has 2 fully saturated rings. The standard InChI is InChI=1S/C39H43N3O8/c1-24-28(22-49-32-13-11-26(34(41-32)47-3)15-16-38(17-18-38)36(43)44)7-5-9-30(24)31-10-6-8-29(25(31)2)23-50-33-14-12-27(35(42-33)48-4)21-40-39(19-20-39)37(45)46/h5-14,40H,15-23H2,1-4H3,(H,43,44)(H,45,46). The Balaban J connectivity index is 1.10. The predicted molar refractivity (Wildman–Crippen MR) is 186 cm³/mol. The molecule has 2 heterocycles. The third-order valence-corrected chi connectivity index (χ3v) is 10.1. The predicted octanol–water partition coefficient (Wildman–Crippen LogP) is 6.44. The second-order valence-electron chi connectivity index (χ2n) is 13.2. The van der Waals surface area contributed by atoms with Crippen LogP contribution in [0, 0.1) is 19.3 Å². The van der Waals surface area contributed by atoms with Crippen molar-refractivity contribution >= 4 is 11.9 Å². The van der Waals surface area contributed by atoms with Gasteiger partial charge in [-0.25, -0.2) is 0 Å². The lowest BCUT2D eigenvalue weighted by atomic mass is 9.92. The number of nitrogens with zero attached hydrogens (tertiary/aromatic N) is 2. The summed E-state index contributed by atoms with van der Waals surface area (Å²) in [5, 5.41) is 22.1. The van der Waals surface area contributed by atoms with Crippen molar-refractivity contribution in [1.82, 2.24) is 15.3 Å². The molecule has 4 aromatic rings. The van der Waals surface area contributed by atoms with Crippen molar-refractivity contribution in [2.45, 2.75) is 77.7 Å². The van der Waals surface area contributed by atoms with Crippen molar-refractivity contribution < 1.29 is 38.7 Å². The summed E-state index contributed by atoms with van der Waals surface area (Å²) in [5.41, 5.74) is 6.56. The number of benzene rings is 2. The van der Waals surface area contributed by atoms with Gasteiger partial charge in [-0.15, -0.1) is 0 Å². The Hall–Kier alpha value is -5.16. The molecule has 11 heteroatoms. The van der Waals surface area contributed by atoms with Crippen LogP contribution in [0.3, 0.4) is 0 Å². The highest BCUT2D eigenvalue weighted by Crippen LogP contribution is 2.50. The average Bonchev–Trinajstić information content (AvgIpc) is 4.06. The van der Waals surface area contributed by atoms with Crippen molar-refractivity contribution in [2.24, 2.45) is 5.41 Å². The van der Waals surface area contributed by atoms with Gasteiger partial charge in [0, 0.05) is 29.8 Å². The molecule has 11 nitrogen and oxygen atoms in total. The van der Waals surface area contributed by atoms with Crippen LogP contribution in [0.1, 0.15) is 65.5 Å². The second kappa shape index (κ2) is 14.4. The lowest BCUT2D eigenvalue weighted by molar-refractivity contribution is -0.143. The molecule has 50 heavy (non-hydrogen) atoms. The zero-order valence-corrected chi connectivity index (χ0v) is 28.9. The maximum atomic E-state index is 11.6. The van der Waals surface area contributed by atoms with E-state index in [0.717, 1.165) is 57.3 Å². The van der Waals surface area contributed by atoms with Crippen LogP contribution in [0.4, 0.5) is 0 Å². The Kier molecular flexibility index (Phi) is 9.97. The highest BCUT2D eigenvalue weighted by atomic mass is 16.5. The number of aliphatic carboxylic acids is 2. The molecule has 262 valence electrons. The van der Waals surface area contributed by atoms with Crippen molar-refractivity contribution in [3.63, 3.8) is 0 Å². The summed E-state index contributed by atoms with van der Waals surface area (Å²) in [5.74, 6) is 0.128. The number of pyridine rings is 2. The Morgan fingerprint density at radius 3 is 1.68 bits per heavy atom. The molecule has 6 rings (SSSR count). The van der Waals surface area contributed by atoms with Crippen molar-refractivity contribution in [1.29, 1.82) is 0 Å². The first kappa shape index (κ1) is 34.7. The summed E-state index contributed by atoms with van der Waals surface area (Å²) in [6.07, 6.45) is 3.80. The molecule has 2 saturated carbocycles. The first-order valence-corrected chi connectivity index (χ1v) is 16.8. The van der Waals surface area contributed by atoms with Crippen LogP contribution in [0.2, 0.25) is 0 Å². The molecule has 0 bridgehead atoms. The third-order valence-electron chi connectivity index (χ3n) is 10.1. The van der Waals surface area contributed by atoms with E-state index in [-0.39, 0.29) is 0 Å². The SMILES string of the molecule is COc1nc(OCc2cccc(-c3cccc(COc4ccc(CNC5(C(=O)O)CC5)c(OC)n4)c3C)c2C)ccc1CCC1(C(=O)O)CC1. The fourth-order valence-corrected chi connectivity index (χ4v) is 6.26. The monoisotopic (exact) mass is 681 g/mol. The number of hydrogen-bond donors (Lipinski definition) is 3. The van der Waals surface area contributed by atoms with Gasteiger partial charge in [-0.1, -0.05) is 36.4 Å². The van der Waals surface area contributed by atoms with Gasteiger partial charge in [0.2, 0.25) is 23.5 Å². The number of methoxy groups -OCH3 is 2. The molecule has 0 spiro atoms. The van der Waals surface area contributed by atoms with Crippen LogP contribution < -0.4 is 24.3 Å². The Bertz CT molecular complexity index is 1760. The van der Waals surface area contributed by atoms with Gasteiger partial charge in [-0.3, -0.25) is 14.9 Å². The molecule has 2 aliphatic rings. The zero-order valence-electron chi connectivity index (χ0n) is 28.9. The van der Waals surface area contributed by atoms with Gasteiger partial charge >= 0.3 is 11.9 Å². The third kappa shape index (κ3) is 7.38. The molecule has 0 radical (unpaired) electrons. The topological polar surface area (TPSA) is 149 Å². The van der Waals surface area contributed by atoms with E-state index in [9.17, 15) is 19.8 Å². The van der Waals surface area contributed by atoms with Gasteiger partial charge in [-0.05, 0) is 97.9 Å². The van der Waals surface area contributed by atoms with Crippen LogP contribution in [0.5, 0.6) is 23.5 Å². The molecule has 2 aromatic heterocycles. The number of carbonyl (C=O) groups is 2. The minimum atomic E-state index is -0.850. The number of nitrogens with one attached hydrogen (secondary N) is 1. The molecule has 0 unspecified atom stereocenters. The molecule has 2 aromatic carbocycles. The lowest BCUT2D eigenvalue weighted by Crippen LogP contribution is -2.38. The quantitative estimate of drug-likeness (QED) is 0.113. The van der Waals surface area contributed by atoms with E-state index in [4.69, 9.17) is 18.9 Å². The fraction of sp³-hybridized carbons (Fsp3) is 0.385. The number of aromatic nitrogens is 2. The molecular formula is C39H43N3O8. The minimum Gasteiger partial charge on any atom is -0.481 e. The molecule has 0 aliphatic heterocycles. The normalized spacial score (nSPS) is 15.2. The van der Waals surface area contributed by atoms with E-state index in [1.807, 2.05) is 42.5 Å². The van der Waals surface area contributed by atoms with Crippen LogP contribution >= 0.6 is 0 Å². The molecule has 3 N–H and O–H groups in total. The van der Waals surface area contributed by atoms with Crippen LogP contribution in [0.15, 0.2) is 60.7 Å². The van der Waals surface area contributed by atoms with Crippen LogP contribution in [0.25, 0.3) is 11.1 Å². The van der Waals surface area contributed by atoms with Gasteiger partial charge in [0.05, 0.1) is 19.6 Å². The summed E-state index contributed by atoms with van der Waals surface area (Å²) >= 11 is 0. The lowest BCUT2D eigenvalue weighted by Gasteiger charge is -2.17. The van der Waals surface area contributed by atoms with Crippen LogP contribution in [-0.4, -0.2) is 51.9 Å². The number of hydrogen-bond acceptors (Lipinski definition) is 9. The van der Waals surface area contributed by atoms with Gasteiger partial charge in [0.1, 0.15) is 18.8 Å². The van der Waals surface area contributed by atoms with Gasteiger partial charge in [0.15, 0.2) is 0 Å². The van der Waals surface area contributed by atoms with Crippen molar-refractivity contribution in [3.8, 4) is 34.6 Å². The van der Waals surface area contributed by atoms with Crippen molar-refractivity contribution in [2.75, 3.05) is 14.2 Å². The Morgan fingerprint density at radius 2 is 1.22 bits per heavy atom. The summed E-state index contributed by atoms with van der Waals surface area (Å²) < 4.78 is 23.2. The fourth-order valence-electron chi connectivity index (χ4n) is 6.26. The highest BCUT2D eigenvalue weighted by Gasteiger charge is 2.50. The van der Waals surface area contributed by atoms with E-state index in [0.29, 0.717) is 69.0 Å². The van der Waals surface area contributed by atoms with Gasteiger partial charge in [0.25, 0.3) is 0 Å². The maximum absolute atomic E-state index is 11.6. The molecule has 2 aliphatic carbocycles. The number of carboxylic acids is 2.